The van der Waals surface area contributed by atoms with Crippen LogP contribution in [-0.4, -0.2) is 53.6 Å². The zero-order chi connectivity index (χ0) is 24.3. The van der Waals surface area contributed by atoms with Crippen molar-refractivity contribution in [2.45, 2.75) is 65.3 Å². The largest absolute Gasteiger partial charge is 0.391 e. The molecule has 33 heavy (non-hydrogen) atoms. The Hall–Kier alpha value is -2.70. The number of hydrogen-bond donors (Lipinski definition) is 3. The number of likely N-dealkylation sites (N-methyl/N-ethyl adjacent to an activating group) is 1. The summed E-state index contributed by atoms with van der Waals surface area (Å²) in [6, 6.07) is 15.1. The summed E-state index contributed by atoms with van der Waals surface area (Å²) in [4.78, 5) is 27.9. The lowest BCUT2D eigenvalue weighted by atomic mass is 9.86. The number of aliphatic hydroxyl groups excluding tert-OH is 1. The second-order valence-corrected chi connectivity index (χ2v) is 10.2. The molecule has 1 saturated heterocycles. The molecule has 0 unspecified atom stereocenters. The number of nitrogens with zero attached hydrogens (tertiary/aromatic N) is 1. The molecule has 2 aromatic carbocycles. The minimum atomic E-state index is -0.703. The Morgan fingerprint density at radius 1 is 1.09 bits per heavy atom. The molecule has 0 radical (unpaired) electrons. The van der Waals surface area contributed by atoms with Crippen molar-refractivity contribution in [2.24, 2.45) is 5.41 Å². The number of rotatable bonds is 6. The fraction of sp³-hybridized carbons (Fsp3) is 0.481. The molecule has 6 nitrogen and oxygen atoms in total. The fourth-order valence-electron chi connectivity index (χ4n) is 4.64. The number of benzene rings is 2. The molecular weight excluding hydrogens is 414 g/mol. The van der Waals surface area contributed by atoms with E-state index in [1.54, 1.807) is 7.05 Å². The van der Waals surface area contributed by atoms with Gasteiger partial charge in [-0.15, -0.1) is 0 Å². The monoisotopic (exact) mass is 451 g/mol. The van der Waals surface area contributed by atoms with Crippen LogP contribution in [0.4, 0.5) is 0 Å². The minimum absolute atomic E-state index is 0.156. The van der Waals surface area contributed by atoms with Crippen molar-refractivity contribution < 1.29 is 14.7 Å². The predicted octanol–water partition coefficient (Wildman–Crippen LogP) is 3.44. The third-order valence-corrected chi connectivity index (χ3v) is 6.49. The number of amides is 2. The average Bonchev–Trinajstić information content (AvgIpc) is 3.15. The van der Waals surface area contributed by atoms with E-state index in [1.165, 1.54) is 16.0 Å². The maximum Gasteiger partial charge on any atom is 0.243 e. The molecular formula is C27H37N3O3. The molecule has 178 valence electrons. The summed E-state index contributed by atoms with van der Waals surface area (Å²) in [7, 11) is 1.75. The van der Waals surface area contributed by atoms with Crippen molar-refractivity contribution in [2.75, 3.05) is 13.6 Å². The van der Waals surface area contributed by atoms with E-state index < -0.39 is 18.2 Å². The van der Waals surface area contributed by atoms with E-state index in [0.717, 1.165) is 11.1 Å². The van der Waals surface area contributed by atoms with Crippen LogP contribution in [-0.2, 0) is 9.59 Å². The van der Waals surface area contributed by atoms with Crippen LogP contribution < -0.4 is 10.6 Å². The average molecular weight is 452 g/mol. The molecule has 6 heteroatoms. The third-order valence-electron chi connectivity index (χ3n) is 6.49. The Kier molecular flexibility index (Phi) is 7.60. The van der Waals surface area contributed by atoms with E-state index in [4.69, 9.17) is 0 Å². The van der Waals surface area contributed by atoms with Crippen LogP contribution in [0.1, 0.15) is 51.3 Å². The van der Waals surface area contributed by atoms with Crippen molar-refractivity contribution in [1.29, 1.82) is 0 Å². The number of aliphatic hydroxyl groups is 1. The molecule has 1 aliphatic heterocycles. The molecule has 3 rings (SSSR count). The van der Waals surface area contributed by atoms with Crippen molar-refractivity contribution in [3.05, 3.63) is 59.7 Å². The van der Waals surface area contributed by atoms with Gasteiger partial charge in [0.15, 0.2) is 0 Å². The highest BCUT2D eigenvalue weighted by Gasteiger charge is 2.43. The van der Waals surface area contributed by atoms with Crippen molar-refractivity contribution >= 4 is 11.8 Å². The van der Waals surface area contributed by atoms with Crippen LogP contribution in [0.2, 0.25) is 0 Å². The standard InChI is InChI=1S/C27H37N3O3/c1-17-9-7-8-10-22(17)20-13-11-19(12-14-20)18(2)29-25(32)23-15-21(31)16-30(23)26(33)24(28-6)27(3,4)5/h7-14,18,21,23-24,28,31H,15-16H2,1-6H3,(H,29,32)/t18-,21+,23-,24+/m0/s1. The maximum absolute atomic E-state index is 13.2. The van der Waals surface area contributed by atoms with Crippen LogP contribution in [0.25, 0.3) is 11.1 Å². The molecule has 1 fully saturated rings. The Morgan fingerprint density at radius 3 is 2.30 bits per heavy atom. The van der Waals surface area contributed by atoms with Crippen LogP contribution in [0.15, 0.2) is 48.5 Å². The summed E-state index contributed by atoms with van der Waals surface area (Å²) in [5.74, 6) is -0.393. The van der Waals surface area contributed by atoms with Gasteiger partial charge >= 0.3 is 0 Å². The zero-order valence-corrected chi connectivity index (χ0v) is 20.6. The number of hydrogen-bond acceptors (Lipinski definition) is 4. The summed E-state index contributed by atoms with van der Waals surface area (Å²) in [5, 5.41) is 16.4. The molecule has 1 aliphatic rings. The van der Waals surface area contributed by atoms with Gasteiger partial charge in [0.2, 0.25) is 11.8 Å². The van der Waals surface area contributed by atoms with Gasteiger partial charge in [0.25, 0.3) is 0 Å². The molecule has 4 atom stereocenters. The zero-order valence-electron chi connectivity index (χ0n) is 20.6. The highest BCUT2D eigenvalue weighted by molar-refractivity contribution is 5.91. The van der Waals surface area contributed by atoms with Crippen molar-refractivity contribution in [1.82, 2.24) is 15.5 Å². The molecule has 0 saturated carbocycles. The molecule has 2 aromatic rings. The molecule has 0 aliphatic carbocycles. The Morgan fingerprint density at radius 2 is 1.73 bits per heavy atom. The smallest absolute Gasteiger partial charge is 0.243 e. The number of carbonyl (C=O) groups is 2. The fourth-order valence-corrected chi connectivity index (χ4v) is 4.64. The highest BCUT2D eigenvalue weighted by Crippen LogP contribution is 2.27. The summed E-state index contributed by atoms with van der Waals surface area (Å²) in [6.45, 7) is 10.1. The van der Waals surface area contributed by atoms with E-state index in [1.807, 2.05) is 52.0 Å². The van der Waals surface area contributed by atoms with E-state index >= 15 is 0 Å². The van der Waals surface area contributed by atoms with Crippen LogP contribution in [0.5, 0.6) is 0 Å². The van der Waals surface area contributed by atoms with Gasteiger partial charge < -0.3 is 20.6 Å². The quantitative estimate of drug-likeness (QED) is 0.629. The third kappa shape index (κ3) is 5.63. The molecule has 0 spiro atoms. The number of nitrogens with one attached hydrogen (secondary N) is 2. The van der Waals surface area contributed by atoms with E-state index in [0.29, 0.717) is 0 Å². The molecule has 1 heterocycles. The van der Waals surface area contributed by atoms with E-state index in [-0.39, 0.29) is 36.2 Å². The van der Waals surface area contributed by atoms with Gasteiger partial charge in [0, 0.05) is 13.0 Å². The van der Waals surface area contributed by atoms with Gasteiger partial charge in [-0.2, -0.15) is 0 Å². The lowest BCUT2D eigenvalue weighted by Gasteiger charge is -2.34. The van der Waals surface area contributed by atoms with E-state index in [9.17, 15) is 14.7 Å². The molecule has 0 aromatic heterocycles. The normalized spacial score (nSPS) is 20.4. The first-order valence-corrected chi connectivity index (χ1v) is 11.6. The molecule has 0 bridgehead atoms. The topological polar surface area (TPSA) is 81.7 Å². The molecule has 2 amide bonds. The first kappa shape index (κ1) is 24.9. The number of aryl methyl sites for hydroxylation is 1. The van der Waals surface area contributed by atoms with Crippen LogP contribution >= 0.6 is 0 Å². The van der Waals surface area contributed by atoms with Gasteiger partial charge in [-0.1, -0.05) is 69.3 Å². The molecule has 3 N–H and O–H groups in total. The van der Waals surface area contributed by atoms with Gasteiger partial charge in [0.1, 0.15) is 6.04 Å². The van der Waals surface area contributed by atoms with Gasteiger partial charge in [-0.25, -0.2) is 0 Å². The van der Waals surface area contributed by atoms with Gasteiger partial charge in [-0.05, 0) is 48.6 Å². The SMILES string of the molecule is CN[C@H](C(=O)N1C[C@H](O)C[C@H]1C(=O)N[C@@H](C)c1ccc(-c2ccccc2C)cc1)C(C)(C)C. The Bertz CT molecular complexity index is 981. The summed E-state index contributed by atoms with van der Waals surface area (Å²) < 4.78 is 0. The minimum Gasteiger partial charge on any atom is -0.391 e. The number of carbonyl (C=O) groups excluding carboxylic acids is 2. The Balaban J connectivity index is 1.71. The first-order valence-electron chi connectivity index (χ1n) is 11.6. The number of likely N-dealkylation sites (tertiary alicyclic amines) is 1. The predicted molar refractivity (Wildman–Crippen MR) is 132 cm³/mol. The summed E-state index contributed by atoms with van der Waals surface area (Å²) in [6.07, 6.45) is -0.456. The van der Waals surface area contributed by atoms with E-state index in [2.05, 4.69) is 41.8 Å². The van der Waals surface area contributed by atoms with Crippen molar-refractivity contribution in [3.8, 4) is 11.1 Å². The number of β-amino-alcohol motifs (C(OH)–C–C–N with tert-alkyl or cyclic N) is 1. The summed E-state index contributed by atoms with van der Waals surface area (Å²) >= 11 is 0. The van der Waals surface area contributed by atoms with Crippen LogP contribution in [0, 0.1) is 12.3 Å². The second kappa shape index (κ2) is 10.1. The van der Waals surface area contributed by atoms with Crippen molar-refractivity contribution in [3.63, 3.8) is 0 Å². The maximum atomic E-state index is 13.2. The summed E-state index contributed by atoms with van der Waals surface area (Å²) in [5.41, 5.74) is 4.21. The lowest BCUT2D eigenvalue weighted by Crippen LogP contribution is -2.56. The van der Waals surface area contributed by atoms with Gasteiger partial charge in [-0.3, -0.25) is 9.59 Å². The van der Waals surface area contributed by atoms with Crippen LogP contribution in [0.3, 0.4) is 0 Å². The Labute approximate surface area is 197 Å². The lowest BCUT2D eigenvalue weighted by molar-refractivity contribution is -0.142. The highest BCUT2D eigenvalue weighted by atomic mass is 16.3. The first-order chi connectivity index (χ1) is 15.5. The second-order valence-electron chi connectivity index (χ2n) is 10.2. The van der Waals surface area contributed by atoms with Gasteiger partial charge in [0.05, 0.1) is 18.2 Å².